The minimum atomic E-state index is 0.811. The normalized spacial score (nSPS) is 41.7. The predicted octanol–water partition coefficient (Wildman–Crippen LogP) is 1.02. The van der Waals surface area contributed by atoms with Crippen molar-refractivity contribution in [3.05, 3.63) is 0 Å². The number of rotatable bonds is 0. The number of nitrogens with one attached hydrogen (secondary N) is 1. The summed E-state index contributed by atoms with van der Waals surface area (Å²) in [6, 6.07) is 0.811. The van der Waals surface area contributed by atoms with Crippen LogP contribution in [0.4, 0.5) is 0 Å². The maximum atomic E-state index is 3.56. The van der Waals surface area contributed by atoms with E-state index in [-0.39, 0.29) is 0 Å². The molecule has 2 aliphatic heterocycles. The van der Waals surface area contributed by atoms with Gasteiger partial charge >= 0.3 is 0 Å². The second kappa shape index (κ2) is 2.95. The maximum Gasteiger partial charge on any atom is 0.0243 e. The van der Waals surface area contributed by atoms with Crippen LogP contribution in [-0.4, -0.2) is 28.8 Å². The topological polar surface area (TPSA) is 15.3 Å². The van der Waals surface area contributed by atoms with Crippen LogP contribution in [0.2, 0.25) is 0 Å². The zero-order chi connectivity index (χ0) is 6.97. The van der Waals surface area contributed by atoms with Crippen molar-refractivity contribution < 1.29 is 0 Å². The fourth-order valence-corrected chi connectivity index (χ4v) is 2.92. The molecule has 0 aliphatic carbocycles. The molecule has 3 heteroatoms. The molecule has 0 saturated carbocycles. The van der Waals surface area contributed by atoms with Gasteiger partial charge in [0.2, 0.25) is 0 Å². The summed E-state index contributed by atoms with van der Waals surface area (Å²) in [5.74, 6) is 0.950. The Labute approximate surface area is 75.8 Å². The van der Waals surface area contributed by atoms with Crippen molar-refractivity contribution in [3.63, 3.8) is 0 Å². The monoisotopic (exact) mass is 252 g/mol. The van der Waals surface area contributed by atoms with Crippen LogP contribution >= 0.6 is 22.9 Å². The van der Waals surface area contributed by atoms with Crippen molar-refractivity contribution in [2.24, 2.45) is 5.92 Å². The molecule has 10 heavy (non-hydrogen) atoms. The Morgan fingerprint density at radius 3 is 3.10 bits per heavy atom. The van der Waals surface area contributed by atoms with E-state index in [2.05, 4.69) is 31.3 Å². The average molecular weight is 252 g/mol. The van der Waals surface area contributed by atoms with Gasteiger partial charge in [-0.15, -0.1) is 0 Å². The molecule has 2 saturated heterocycles. The standard InChI is InChI=1S/C7H13IN2/c8-10-4-6-2-1-3-9-7(6)5-10/h6-7,9H,1-5H2/t6-,7+/m1/s1. The number of halogens is 1. The van der Waals surface area contributed by atoms with E-state index in [0.717, 1.165) is 12.0 Å². The first kappa shape index (κ1) is 7.31. The summed E-state index contributed by atoms with van der Waals surface area (Å²) in [6.45, 7) is 3.80. The van der Waals surface area contributed by atoms with E-state index >= 15 is 0 Å². The summed E-state index contributed by atoms with van der Waals surface area (Å²) in [4.78, 5) is 0. The minimum Gasteiger partial charge on any atom is -0.312 e. The highest BCUT2D eigenvalue weighted by Crippen LogP contribution is 2.26. The van der Waals surface area contributed by atoms with E-state index in [4.69, 9.17) is 0 Å². The van der Waals surface area contributed by atoms with Crippen LogP contribution in [0.5, 0.6) is 0 Å². The van der Waals surface area contributed by atoms with Crippen LogP contribution in [0.15, 0.2) is 0 Å². The lowest BCUT2D eigenvalue weighted by Gasteiger charge is -2.24. The second-order valence-corrected chi connectivity index (χ2v) is 4.66. The summed E-state index contributed by atoms with van der Waals surface area (Å²) < 4.78 is 2.41. The third-order valence-corrected chi connectivity index (χ3v) is 3.34. The molecule has 2 rings (SSSR count). The Hall–Kier alpha value is 0.650. The van der Waals surface area contributed by atoms with Crippen LogP contribution in [0.25, 0.3) is 0 Å². The third kappa shape index (κ3) is 1.31. The van der Waals surface area contributed by atoms with E-state index in [1.165, 1.54) is 32.5 Å². The Kier molecular flexibility index (Phi) is 2.15. The van der Waals surface area contributed by atoms with Gasteiger partial charge in [0, 0.05) is 42.0 Å². The molecule has 0 aromatic rings. The number of fused-ring (bicyclic) bond motifs is 1. The SMILES string of the molecule is IN1C[C@H]2CCCN[C@H]2C1. The van der Waals surface area contributed by atoms with Gasteiger partial charge in [0.25, 0.3) is 0 Å². The first-order valence-corrected chi connectivity index (χ1v) is 4.97. The minimum absolute atomic E-state index is 0.811. The molecule has 2 heterocycles. The molecule has 2 aliphatic rings. The van der Waals surface area contributed by atoms with Gasteiger partial charge in [-0.25, -0.2) is 3.11 Å². The average Bonchev–Trinajstić information content (AvgIpc) is 2.27. The lowest BCUT2D eigenvalue weighted by molar-refractivity contribution is 0.339. The number of piperidine rings is 1. The van der Waals surface area contributed by atoms with E-state index < -0.39 is 0 Å². The fraction of sp³-hybridized carbons (Fsp3) is 1.00. The molecule has 0 spiro atoms. The number of nitrogens with zero attached hydrogens (tertiary/aromatic N) is 1. The first-order chi connectivity index (χ1) is 4.86. The van der Waals surface area contributed by atoms with E-state index in [9.17, 15) is 0 Å². The molecule has 0 unspecified atom stereocenters. The summed E-state index contributed by atoms with van der Waals surface area (Å²) in [7, 11) is 0. The largest absolute Gasteiger partial charge is 0.312 e. The van der Waals surface area contributed by atoms with Gasteiger partial charge in [0.05, 0.1) is 0 Å². The molecule has 0 bridgehead atoms. The molecular formula is C7H13IN2. The Balaban J connectivity index is 1.97. The fourth-order valence-electron chi connectivity index (χ4n) is 1.99. The molecule has 0 radical (unpaired) electrons. The zero-order valence-corrected chi connectivity index (χ0v) is 8.17. The molecule has 1 N–H and O–H groups in total. The van der Waals surface area contributed by atoms with E-state index in [1.807, 2.05) is 0 Å². The van der Waals surface area contributed by atoms with Gasteiger partial charge in [-0.2, -0.15) is 0 Å². The highest BCUT2D eigenvalue weighted by atomic mass is 127. The van der Waals surface area contributed by atoms with Gasteiger partial charge in [-0.3, -0.25) is 0 Å². The van der Waals surface area contributed by atoms with Gasteiger partial charge < -0.3 is 5.32 Å². The molecule has 0 aromatic carbocycles. The molecule has 2 nitrogen and oxygen atoms in total. The lowest BCUT2D eigenvalue weighted by Crippen LogP contribution is -2.40. The van der Waals surface area contributed by atoms with Crippen molar-refractivity contribution in [3.8, 4) is 0 Å². The molecule has 0 amide bonds. The highest BCUT2D eigenvalue weighted by molar-refractivity contribution is 14.1. The maximum absolute atomic E-state index is 3.56. The number of hydrogen-bond donors (Lipinski definition) is 1. The Morgan fingerprint density at radius 2 is 2.30 bits per heavy atom. The van der Waals surface area contributed by atoms with Crippen LogP contribution in [0.1, 0.15) is 12.8 Å². The van der Waals surface area contributed by atoms with Crippen molar-refractivity contribution in [2.45, 2.75) is 18.9 Å². The first-order valence-electron chi connectivity index (χ1n) is 4.00. The van der Waals surface area contributed by atoms with Crippen LogP contribution in [-0.2, 0) is 0 Å². The van der Waals surface area contributed by atoms with Gasteiger partial charge in [-0.05, 0) is 25.3 Å². The van der Waals surface area contributed by atoms with E-state index in [1.54, 1.807) is 0 Å². The number of hydrogen-bond acceptors (Lipinski definition) is 2. The van der Waals surface area contributed by atoms with Gasteiger partial charge in [0.15, 0.2) is 0 Å². The van der Waals surface area contributed by atoms with Gasteiger partial charge in [0.1, 0.15) is 0 Å². The third-order valence-electron chi connectivity index (χ3n) is 2.55. The Bertz CT molecular complexity index is 115. The molecule has 2 fully saturated rings. The highest BCUT2D eigenvalue weighted by Gasteiger charge is 2.32. The summed E-state index contributed by atoms with van der Waals surface area (Å²) in [5, 5.41) is 3.56. The predicted molar refractivity (Wildman–Crippen MR) is 50.1 cm³/mol. The van der Waals surface area contributed by atoms with Gasteiger partial charge in [-0.1, -0.05) is 0 Å². The van der Waals surface area contributed by atoms with E-state index in [0.29, 0.717) is 0 Å². The summed E-state index contributed by atoms with van der Waals surface area (Å²) in [5.41, 5.74) is 0. The van der Waals surface area contributed by atoms with Crippen LogP contribution in [0.3, 0.4) is 0 Å². The molecule has 58 valence electrons. The van der Waals surface area contributed by atoms with Crippen LogP contribution < -0.4 is 5.32 Å². The van der Waals surface area contributed by atoms with Crippen molar-refractivity contribution in [1.29, 1.82) is 0 Å². The smallest absolute Gasteiger partial charge is 0.0243 e. The Morgan fingerprint density at radius 1 is 1.40 bits per heavy atom. The van der Waals surface area contributed by atoms with Crippen molar-refractivity contribution in [1.82, 2.24) is 8.43 Å². The van der Waals surface area contributed by atoms with Crippen molar-refractivity contribution in [2.75, 3.05) is 19.6 Å². The summed E-state index contributed by atoms with van der Waals surface area (Å²) >= 11 is 2.43. The molecular weight excluding hydrogens is 239 g/mol. The van der Waals surface area contributed by atoms with Crippen molar-refractivity contribution >= 4 is 22.9 Å². The lowest BCUT2D eigenvalue weighted by atomic mass is 9.94. The quantitative estimate of drug-likeness (QED) is 0.511. The molecule has 0 aromatic heterocycles. The summed E-state index contributed by atoms with van der Waals surface area (Å²) in [6.07, 6.45) is 2.82. The molecule has 2 atom stereocenters. The zero-order valence-electron chi connectivity index (χ0n) is 6.02. The van der Waals surface area contributed by atoms with Crippen LogP contribution in [0, 0.1) is 5.92 Å². The second-order valence-electron chi connectivity index (χ2n) is 3.29.